The van der Waals surface area contributed by atoms with Crippen molar-refractivity contribution in [2.45, 2.75) is 38.8 Å². The smallest absolute Gasteiger partial charge is 0.253 e. The third-order valence-corrected chi connectivity index (χ3v) is 5.35. The molecule has 30 heavy (non-hydrogen) atoms. The van der Waals surface area contributed by atoms with Crippen molar-refractivity contribution >= 4 is 17.7 Å². The Kier molecular flexibility index (Phi) is 7.22. The predicted molar refractivity (Wildman–Crippen MR) is 116 cm³/mol. The molecule has 1 aliphatic rings. The van der Waals surface area contributed by atoms with Crippen LogP contribution < -0.4 is 10.6 Å². The largest absolute Gasteiger partial charge is 0.352 e. The molecule has 6 nitrogen and oxygen atoms in total. The predicted octanol–water partition coefficient (Wildman–Crippen LogP) is 2.86. The third kappa shape index (κ3) is 5.47. The van der Waals surface area contributed by atoms with Gasteiger partial charge in [-0.25, -0.2) is 0 Å². The minimum absolute atomic E-state index is 0.00514. The first kappa shape index (κ1) is 21.6. The highest BCUT2D eigenvalue weighted by Crippen LogP contribution is 2.23. The zero-order valence-electron chi connectivity index (χ0n) is 17.5. The quantitative estimate of drug-likeness (QED) is 0.773. The van der Waals surface area contributed by atoms with E-state index < -0.39 is 6.04 Å². The first-order chi connectivity index (χ1) is 14.5. The van der Waals surface area contributed by atoms with Crippen LogP contribution in [0.5, 0.6) is 0 Å². The third-order valence-electron chi connectivity index (χ3n) is 5.35. The molecule has 1 fully saturated rings. The Hall–Kier alpha value is -3.15. The minimum atomic E-state index is -0.630. The summed E-state index contributed by atoms with van der Waals surface area (Å²) in [7, 11) is 0. The summed E-state index contributed by atoms with van der Waals surface area (Å²) in [5, 5.41) is 5.85. The zero-order valence-corrected chi connectivity index (χ0v) is 17.5. The normalized spacial score (nSPS) is 15.5. The number of rotatable bonds is 6. The molecule has 0 aliphatic carbocycles. The van der Waals surface area contributed by atoms with Crippen molar-refractivity contribution in [3.05, 3.63) is 71.8 Å². The fraction of sp³-hybridized carbons (Fsp3) is 0.375. The SMILES string of the molecule is CC(C)NC(=O)C(NC(=O)c1ccccc1)C1CCN(C(=O)c2ccccc2)CC1. The second-order valence-electron chi connectivity index (χ2n) is 7.98. The van der Waals surface area contributed by atoms with E-state index in [9.17, 15) is 14.4 Å². The van der Waals surface area contributed by atoms with E-state index in [0.717, 1.165) is 0 Å². The molecule has 1 saturated heterocycles. The van der Waals surface area contributed by atoms with Crippen LogP contribution in [-0.4, -0.2) is 47.8 Å². The van der Waals surface area contributed by atoms with E-state index in [4.69, 9.17) is 0 Å². The van der Waals surface area contributed by atoms with Gasteiger partial charge in [-0.3, -0.25) is 14.4 Å². The van der Waals surface area contributed by atoms with Gasteiger partial charge in [-0.1, -0.05) is 36.4 Å². The highest BCUT2D eigenvalue weighted by molar-refractivity contribution is 5.97. The average molecular weight is 408 g/mol. The maximum Gasteiger partial charge on any atom is 0.253 e. The van der Waals surface area contributed by atoms with E-state index in [1.165, 1.54) is 0 Å². The molecule has 158 valence electrons. The van der Waals surface area contributed by atoms with Crippen molar-refractivity contribution in [2.75, 3.05) is 13.1 Å². The molecule has 2 aromatic carbocycles. The van der Waals surface area contributed by atoms with Crippen LogP contribution in [0.1, 0.15) is 47.4 Å². The lowest BCUT2D eigenvalue weighted by atomic mass is 9.88. The van der Waals surface area contributed by atoms with Crippen LogP contribution in [0.3, 0.4) is 0 Å². The number of carbonyl (C=O) groups excluding carboxylic acids is 3. The maximum absolute atomic E-state index is 12.9. The molecule has 1 atom stereocenters. The highest BCUT2D eigenvalue weighted by Gasteiger charge is 2.34. The molecule has 0 radical (unpaired) electrons. The Balaban J connectivity index is 1.67. The van der Waals surface area contributed by atoms with Crippen LogP contribution in [0.25, 0.3) is 0 Å². The van der Waals surface area contributed by atoms with Gasteiger partial charge in [0.15, 0.2) is 0 Å². The lowest BCUT2D eigenvalue weighted by Crippen LogP contribution is -2.54. The minimum Gasteiger partial charge on any atom is -0.352 e. The molecular weight excluding hydrogens is 378 g/mol. The molecule has 0 spiro atoms. The number of hydrogen-bond donors (Lipinski definition) is 2. The van der Waals surface area contributed by atoms with Crippen LogP contribution >= 0.6 is 0 Å². The van der Waals surface area contributed by atoms with Gasteiger partial charge in [0.1, 0.15) is 6.04 Å². The highest BCUT2D eigenvalue weighted by atomic mass is 16.2. The Morgan fingerprint density at radius 3 is 1.90 bits per heavy atom. The van der Waals surface area contributed by atoms with Crippen molar-refractivity contribution in [2.24, 2.45) is 5.92 Å². The van der Waals surface area contributed by atoms with E-state index in [1.54, 1.807) is 24.3 Å². The first-order valence-electron chi connectivity index (χ1n) is 10.5. The summed E-state index contributed by atoms with van der Waals surface area (Å²) in [6.45, 7) is 4.92. The number of nitrogens with one attached hydrogen (secondary N) is 2. The van der Waals surface area contributed by atoms with Crippen molar-refractivity contribution in [1.29, 1.82) is 0 Å². The first-order valence-corrected chi connectivity index (χ1v) is 10.5. The summed E-state index contributed by atoms with van der Waals surface area (Å²) in [6.07, 6.45) is 1.31. The van der Waals surface area contributed by atoms with Crippen LogP contribution in [0, 0.1) is 5.92 Å². The number of amides is 3. The molecule has 2 N–H and O–H groups in total. The van der Waals surface area contributed by atoms with Gasteiger partial charge in [0.25, 0.3) is 11.8 Å². The molecule has 0 bridgehead atoms. The Bertz CT molecular complexity index is 860. The van der Waals surface area contributed by atoms with Crippen LogP contribution in [0.15, 0.2) is 60.7 Å². The van der Waals surface area contributed by atoms with Crippen molar-refractivity contribution in [3.8, 4) is 0 Å². The zero-order chi connectivity index (χ0) is 21.5. The van der Waals surface area contributed by atoms with E-state index in [2.05, 4.69) is 10.6 Å². The Morgan fingerprint density at radius 2 is 1.37 bits per heavy atom. The van der Waals surface area contributed by atoms with E-state index in [0.29, 0.717) is 37.1 Å². The van der Waals surface area contributed by atoms with Gasteiger partial charge in [0, 0.05) is 30.3 Å². The van der Waals surface area contributed by atoms with Gasteiger partial charge >= 0.3 is 0 Å². The summed E-state index contributed by atoms with van der Waals surface area (Å²) in [4.78, 5) is 40.1. The summed E-state index contributed by atoms with van der Waals surface area (Å²) in [6, 6.07) is 17.5. The Morgan fingerprint density at radius 1 is 0.833 bits per heavy atom. The van der Waals surface area contributed by atoms with Gasteiger partial charge in [-0.15, -0.1) is 0 Å². The molecular formula is C24H29N3O3. The molecule has 1 unspecified atom stereocenters. The molecule has 2 aromatic rings. The molecule has 0 aromatic heterocycles. The fourth-order valence-corrected chi connectivity index (χ4v) is 3.79. The lowest BCUT2D eigenvalue weighted by molar-refractivity contribution is -0.125. The molecule has 3 amide bonds. The maximum atomic E-state index is 12.9. The molecule has 1 heterocycles. The summed E-state index contributed by atoms with van der Waals surface area (Å²) < 4.78 is 0. The lowest BCUT2D eigenvalue weighted by Gasteiger charge is -2.36. The molecule has 6 heteroatoms. The van der Waals surface area contributed by atoms with Gasteiger partial charge in [0.2, 0.25) is 5.91 Å². The summed E-state index contributed by atoms with van der Waals surface area (Å²) >= 11 is 0. The summed E-state index contributed by atoms with van der Waals surface area (Å²) in [5.41, 5.74) is 1.19. The van der Waals surface area contributed by atoms with Crippen molar-refractivity contribution in [3.63, 3.8) is 0 Å². The average Bonchev–Trinajstić information content (AvgIpc) is 2.77. The van der Waals surface area contributed by atoms with Gasteiger partial charge in [-0.2, -0.15) is 0 Å². The number of hydrogen-bond acceptors (Lipinski definition) is 3. The van der Waals surface area contributed by atoms with Crippen LogP contribution in [0.2, 0.25) is 0 Å². The van der Waals surface area contributed by atoms with Gasteiger partial charge in [0.05, 0.1) is 0 Å². The van der Waals surface area contributed by atoms with Crippen molar-refractivity contribution < 1.29 is 14.4 Å². The molecule has 3 rings (SSSR count). The number of nitrogens with zero attached hydrogens (tertiary/aromatic N) is 1. The number of likely N-dealkylation sites (tertiary alicyclic amines) is 1. The second-order valence-corrected chi connectivity index (χ2v) is 7.98. The monoisotopic (exact) mass is 407 g/mol. The second kappa shape index (κ2) is 10.1. The topological polar surface area (TPSA) is 78.5 Å². The van der Waals surface area contributed by atoms with Crippen molar-refractivity contribution in [1.82, 2.24) is 15.5 Å². The number of carbonyl (C=O) groups is 3. The van der Waals surface area contributed by atoms with Gasteiger partial charge in [-0.05, 0) is 56.9 Å². The summed E-state index contributed by atoms with van der Waals surface area (Å²) in [5.74, 6) is -0.466. The van der Waals surface area contributed by atoms with E-state index >= 15 is 0 Å². The van der Waals surface area contributed by atoms with E-state index in [1.807, 2.05) is 55.1 Å². The molecule has 0 saturated carbocycles. The van der Waals surface area contributed by atoms with Gasteiger partial charge < -0.3 is 15.5 Å². The standard InChI is InChI=1S/C24H29N3O3/c1-17(2)25-23(29)21(26-22(28)19-9-5-3-6-10-19)18-13-15-27(16-14-18)24(30)20-11-7-4-8-12-20/h3-12,17-18,21H,13-16H2,1-2H3,(H,25,29)(H,26,28). The number of piperidine rings is 1. The molecule has 1 aliphatic heterocycles. The number of benzene rings is 2. The van der Waals surface area contributed by atoms with Crippen LogP contribution in [-0.2, 0) is 4.79 Å². The fourth-order valence-electron chi connectivity index (χ4n) is 3.79. The Labute approximate surface area is 177 Å². The van der Waals surface area contributed by atoms with E-state index in [-0.39, 0.29) is 29.7 Å². The van der Waals surface area contributed by atoms with Crippen LogP contribution in [0.4, 0.5) is 0 Å².